The maximum Gasteiger partial charge on any atom is 0.261 e. The smallest absolute Gasteiger partial charge is 0.261 e. The molecule has 0 bridgehead atoms. The van der Waals surface area contributed by atoms with Crippen molar-refractivity contribution in [3.8, 4) is 5.75 Å². The maximum atomic E-state index is 12.8. The molecule has 0 aliphatic carbocycles. The third kappa shape index (κ3) is 6.43. The quantitative estimate of drug-likeness (QED) is 0.664. The molecule has 1 atom stereocenters. The molecule has 0 fully saturated rings. The second-order valence-electron chi connectivity index (χ2n) is 6.26. The fourth-order valence-corrected chi connectivity index (χ4v) is 3.17. The van der Waals surface area contributed by atoms with Gasteiger partial charge in [0.1, 0.15) is 11.8 Å². The molecule has 28 heavy (non-hydrogen) atoms. The average molecular weight is 423 g/mol. The van der Waals surface area contributed by atoms with Crippen molar-refractivity contribution >= 4 is 35.0 Å². The van der Waals surface area contributed by atoms with Gasteiger partial charge in [-0.3, -0.25) is 9.59 Å². The Bertz CT molecular complexity index is 799. The number of carbonyl (C=O) groups excluding carboxylic acids is 2. The van der Waals surface area contributed by atoms with Gasteiger partial charge >= 0.3 is 0 Å². The van der Waals surface area contributed by atoms with Crippen LogP contribution in [0.4, 0.5) is 0 Å². The first-order valence-electron chi connectivity index (χ1n) is 9.11. The molecule has 0 saturated heterocycles. The molecule has 0 spiro atoms. The maximum absolute atomic E-state index is 12.8. The molecule has 0 aliphatic heterocycles. The standard InChI is InChI=1S/C21H24Cl2N2O3/c1-3-24-21(27)15(2)25(12-11-16-7-5-4-6-8-16)20(26)14-28-19-10-9-17(22)13-18(19)23/h4-10,13,15H,3,11-12,14H2,1-2H3,(H,24,27)/t15-/m1/s1. The number of nitrogens with zero attached hydrogens (tertiary/aromatic N) is 1. The molecular formula is C21H24Cl2N2O3. The average Bonchev–Trinajstić information content (AvgIpc) is 2.68. The van der Waals surface area contributed by atoms with Gasteiger partial charge in [0.15, 0.2) is 6.61 Å². The predicted octanol–water partition coefficient (Wildman–Crippen LogP) is 3.97. The van der Waals surface area contributed by atoms with Crippen LogP contribution in [0, 0.1) is 0 Å². The number of nitrogens with one attached hydrogen (secondary N) is 1. The number of likely N-dealkylation sites (N-methyl/N-ethyl adjacent to an activating group) is 1. The Labute approximate surface area is 175 Å². The monoisotopic (exact) mass is 422 g/mol. The summed E-state index contributed by atoms with van der Waals surface area (Å²) in [4.78, 5) is 26.6. The Kier molecular flexibility index (Phi) is 8.61. The van der Waals surface area contributed by atoms with E-state index in [1.54, 1.807) is 25.1 Å². The van der Waals surface area contributed by atoms with Crippen molar-refractivity contribution in [3.63, 3.8) is 0 Å². The molecule has 0 saturated carbocycles. The van der Waals surface area contributed by atoms with Crippen LogP contribution in [-0.2, 0) is 16.0 Å². The molecule has 7 heteroatoms. The first-order chi connectivity index (χ1) is 13.4. The van der Waals surface area contributed by atoms with Crippen molar-refractivity contribution in [2.24, 2.45) is 0 Å². The van der Waals surface area contributed by atoms with Crippen molar-refractivity contribution in [3.05, 3.63) is 64.1 Å². The van der Waals surface area contributed by atoms with Gasteiger partial charge in [0.25, 0.3) is 5.91 Å². The van der Waals surface area contributed by atoms with Gasteiger partial charge in [0.2, 0.25) is 5.91 Å². The largest absolute Gasteiger partial charge is 0.482 e. The van der Waals surface area contributed by atoms with E-state index in [0.29, 0.717) is 35.3 Å². The van der Waals surface area contributed by atoms with Crippen LogP contribution in [-0.4, -0.2) is 42.5 Å². The summed E-state index contributed by atoms with van der Waals surface area (Å²) in [7, 11) is 0. The molecule has 2 rings (SSSR count). The minimum absolute atomic E-state index is 0.201. The molecule has 1 N–H and O–H groups in total. The second-order valence-corrected chi connectivity index (χ2v) is 7.10. The first-order valence-corrected chi connectivity index (χ1v) is 9.87. The lowest BCUT2D eigenvalue weighted by molar-refractivity contribution is -0.141. The lowest BCUT2D eigenvalue weighted by Gasteiger charge is -2.28. The Balaban J connectivity index is 2.07. The topological polar surface area (TPSA) is 58.6 Å². The van der Waals surface area contributed by atoms with Gasteiger partial charge < -0.3 is 15.0 Å². The predicted molar refractivity (Wildman–Crippen MR) is 112 cm³/mol. The summed E-state index contributed by atoms with van der Waals surface area (Å²) in [6, 6.07) is 14.0. The zero-order valence-electron chi connectivity index (χ0n) is 16.0. The lowest BCUT2D eigenvalue weighted by atomic mass is 10.1. The number of hydrogen-bond donors (Lipinski definition) is 1. The minimum atomic E-state index is -0.611. The molecule has 2 aromatic rings. The van der Waals surface area contributed by atoms with Gasteiger partial charge in [0.05, 0.1) is 5.02 Å². The summed E-state index contributed by atoms with van der Waals surface area (Å²) in [6.45, 7) is 4.23. The molecular weight excluding hydrogens is 399 g/mol. The number of ether oxygens (including phenoxy) is 1. The van der Waals surface area contributed by atoms with Crippen LogP contribution in [0.15, 0.2) is 48.5 Å². The second kappa shape index (κ2) is 10.9. The molecule has 2 aromatic carbocycles. The number of carbonyl (C=O) groups is 2. The van der Waals surface area contributed by atoms with E-state index in [1.165, 1.54) is 4.90 Å². The van der Waals surface area contributed by atoms with E-state index in [1.807, 2.05) is 37.3 Å². The van der Waals surface area contributed by atoms with Crippen LogP contribution in [0.25, 0.3) is 0 Å². The van der Waals surface area contributed by atoms with E-state index < -0.39 is 6.04 Å². The van der Waals surface area contributed by atoms with Crippen LogP contribution < -0.4 is 10.1 Å². The Hall–Kier alpha value is -2.24. The third-order valence-electron chi connectivity index (χ3n) is 4.25. The van der Waals surface area contributed by atoms with Crippen molar-refractivity contribution in [2.45, 2.75) is 26.3 Å². The summed E-state index contributed by atoms with van der Waals surface area (Å²) in [6.07, 6.45) is 0.637. The summed E-state index contributed by atoms with van der Waals surface area (Å²) in [5.41, 5.74) is 1.09. The number of hydrogen-bond acceptors (Lipinski definition) is 3. The highest BCUT2D eigenvalue weighted by Gasteiger charge is 2.25. The van der Waals surface area contributed by atoms with Crippen molar-refractivity contribution in [1.29, 1.82) is 0 Å². The van der Waals surface area contributed by atoms with Crippen LogP contribution >= 0.6 is 23.2 Å². The zero-order chi connectivity index (χ0) is 20.5. The number of amides is 2. The lowest BCUT2D eigenvalue weighted by Crippen LogP contribution is -2.50. The van der Waals surface area contributed by atoms with Crippen LogP contribution in [0.3, 0.4) is 0 Å². The molecule has 0 unspecified atom stereocenters. The summed E-state index contributed by atoms with van der Waals surface area (Å²) in [5.74, 6) is -0.123. The molecule has 0 radical (unpaired) electrons. The Morgan fingerprint density at radius 3 is 2.50 bits per heavy atom. The van der Waals surface area contributed by atoms with Gasteiger partial charge in [-0.2, -0.15) is 0 Å². The van der Waals surface area contributed by atoms with Crippen LogP contribution in [0.2, 0.25) is 10.0 Å². The van der Waals surface area contributed by atoms with E-state index in [4.69, 9.17) is 27.9 Å². The minimum Gasteiger partial charge on any atom is -0.482 e. The number of benzene rings is 2. The van der Waals surface area contributed by atoms with E-state index >= 15 is 0 Å². The highest BCUT2D eigenvalue weighted by atomic mass is 35.5. The Morgan fingerprint density at radius 2 is 1.86 bits per heavy atom. The van der Waals surface area contributed by atoms with Gasteiger partial charge in [-0.25, -0.2) is 0 Å². The first kappa shape index (κ1) is 22.1. The number of rotatable bonds is 9. The fourth-order valence-electron chi connectivity index (χ4n) is 2.71. The van der Waals surface area contributed by atoms with Crippen molar-refractivity contribution < 1.29 is 14.3 Å². The molecule has 0 heterocycles. The molecule has 0 aliphatic rings. The van der Waals surface area contributed by atoms with Crippen LogP contribution in [0.5, 0.6) is 5.75 Å². The van der Waals surface area contributed by atoms with Crippen molar-refractivity contribution in [2.75, 3.05) is 19.7 Å². The van der Waals surface area contributed by atoms with E-state index in [2.05, 4.69) is 5.32 Å². The molecule has 0 aromatic heterocycles. The molecule has 5 nitrogen and oxygen atoms in total. The SMILES string of the molecule is CCNC(=O)[C@@H](C)N(CCc1ccccc1)C(=O)COc1ccc(Cl)cc1Cl. The molecule has 2 amide bonds. The number of halogens is 2. The van der Waals surface area contributed by atoms with E-state index in [0.717, 1.165) is 5.56 Å². The van der Waals surface area contributed by atoms with Crippen molar-refractivity contribution in [1.82, 2.24) is 10.2 Å². The summed E-state index contributed by atoms with van der Waals surface area (Å²) in [5, 5.41) is 3.57. The van der Waals surface area contributed by atoms with E-state index in [9.17, 15) is 9.59 Å². The third-order valence-corrected chi connectivity index (χ3v) is 4.78. The fraction of sp³-hybridized carbons (Fsp3) is 0.333. The highest BCUT2D eigenvalue weighted by Crippen LogP contribution is 2.27. The van der Waals surface area contributed by atoms with Gasteiger partial charge in [0, 0.05) is 18.1 Å². The Morgan fingerprint density at radius 1 is 1.14 bits per heavy atom. The zero-order valence-corrected chi connectivity index (χ0v) is 17.5. The molecule has 150 valence electrons. The highest BCUT2D eigenvalue weighted by molar-refractivity contribution is 6.35. The van der Waals surface area contributed by atoms with Crippen LogP contribution in [0.1, 0.15) is 19.4 Å². The summed E-state index contributed by atoms with van der Waals surface area (Å²) >= 11 is 12.0. The van der Waals surface area contributed by atoms with Gasteiger partial charge in [-0.1, -0.05) is 53.5 Å². The van der Waals surface area contributed by atoms with Gasteiger partial charge in [-0.05, 0) is 44.0 Å². The van der Waals surface area contributed by atoms with E-state index in [-0.39, 0.29) is 18.4 Å². The van der Waals surface area contributed by atoms with Gasteiger partial charge in [-0.15, -0.1) is 0 Å². The normalized spacial score (nSPS) is 11.6. The summed E-state index contributed by atoms with van der Waals surface area (Å²) < 4.78 is 5.56.